The highest BCUT2D eigenvalue weighted by atomic mass is 35.5. The molecule has 0 unspecified atom stereocenters. The Labute approximate surface area is 145 Å². The summed E-state index contributed by atoms with van der Waals surface area (Å²) in [5, 5.41) is 9.89. The molecule has 0 aliphatic heterocycles. The van der Waals surface area contributed by atoms with Crippen LogP contribution in [0.25, 0.3) is 11.1 Å². The molecule has 0 spiro atoms. The Morgan fingerprint density at radius 1 is 0.800 bits per heavy atom. The first-order chi connectivity index (χ1) is 9.40. The van der Waals surface area contributed by atoms with Crippen molar-refractivity contribution in [1.82, 2.24) is 4.98 Å². The van der Waals surface area contributed by atoms with Crippen LogP contribution in [0.3, 0.4) is 0 Å². The monoisotopic (exact) mass is 389 g/mol. The molecule has 8 heteroatoms. The second-order valence-corrected chi connectivity index (χ2v) is 5.99. The van der Waals surface area contributed by atoms with Gasteiger partial charge in [0, 0.05) is 17.3 Å². The number of benzene rings is 1. The molecule has 2 rings (SSSR count). The zero-order valence-electron chi connectivity index (χ0n) is 9.52. The zero-order valence-corrected chi connectivity index (χ0v) is 14.1. The maximum atomic E-state index is 9.41. The summed E-state index contributed by atoms with van der Waals surface area (Å²) in [5.74, 6) is 0. The molecule has 2 aromatic rings. The predicted octanol–water partition coefficient (Wildman–Crippen LogP) is 6.16. The van der Waals surface area contributed by atoms with E-state index in [9.17, 15) is 5.11 Å². The molecule has 0 fully saturated rings. The number of nitrogens with zero attached hydrogens (tertiary/aromatic N) is 1. The van der Waals surface area contributed by atoms with Gasteiger partial charge in [0.2, 0.25) is 0 Å². The van der Waals surface area contributed by atoms with Gasteiger partial charge < -0.3 is 5.11 Å². The molecule has 0 bridgehead atoms. The predicted molar refractivity (Wildman–Crippen MR) is 85.7 cm³/mol. The first kappa shape index (κ1) is 16.4. The van der Waals surface area contributed by atoms with Crippen molar-refractivity contribution in [2.45, 2.75) is 6.61 Å². The second kappa shape index (κ2) is 6.45. The van der Waals surface area contributed by atoms with Gasteiger partial charge in [-0.05, 0) is 11.6 Å². The lowest BCUT2D eigenvalue weighted by Crippen LogP contribution is -1.95. The summed E-state index contributed by atoms with van der Waals surface area (Å²) >= 11 is 36.4. The summed E-state index contributed by atoms with van der Waals surface area (Å²) in [6, 6.07) is 1.59. The van der Waals surface area contributed by atoms with Gasteiger partial charge in [-0.1, -0.05) is 69.6 Å². The Kier molecular flexibility index (Phi) is 5.30. The average molecular weight is 392 g/mol. The third-order valence-electron chi connectivity index (χ3n) is 2.62. The lowest BCUT2D eigenvalue weighted by Gasteiger charge is -2.15. The smallest absolute Gasteiger partial charge is 0.137 e. The topological polar surface area (TPSA) is 33.1 Å². The van der Waals surface area contributed by atoms with Crippen LogP contribution >= 0.6 is 69.6 Å². The molecule has 1 aromatic heterocycles. The molecule has 1 heterocycles. The number of aromatic nitrogens is 1. The van der Waals surface area contributed by atoms with Gasteiger partial charge in [0.1, 0.15) is 5.15 Å². The van der Waals surface area contributed by atoms with Crippen LogP contribution in [0, 0.1) is 0 Å². The van der Waals surface area contributed by atoms with Crippen molar-refractivity contribution in [3.05, 3.63) is 48.1 Å². The normalized spacial score (nSPS) is 10.9. The fraction of sp³-hybridized carbons (Fsp3) is 0.0833. The summed E-state index contributed by atoms with van der Waals surface area (Å²) in [6.07, 6.45) is 1.46. The number of aliphatic hydroxyl groups is 1. The van der Waals surface area contributed by atoms with E-state index in [0.717, 1.165) is 0 Å². The Hall–Kier alpha value is 0.0700. The van der Waals surface area contributed by atoms with E-state index in [2.05, 4.69) is 4.98 Å². The number of aliphatic hydroxyl groups excluding tert-OH is 1. The Bertz CT molecular complexity index is 659. The molecule has 0 aliphatic rings. The number of pyridine rings is 1. The second-order valence-electron chi connectivity index (χ2n) is 3.74. The van der Waals surface area contributed by atoms with Crippen molar-refractivity contribution in [3.8, 4) is 11.1 Å². The largest absolute Gasteiger partial charge is 0.392 e. The third kappa shape index (κ3) is 2.71. The molecular weight excluding hydrogens is 387 g/mol. The van der Waals surface area contributed by atoms with E-state index in [1.54, 1.807) is 6.07 Å². The Balaban J connectivity index is 2.91. The highest BCUT2D eigenvalue weighted by molar-refractivity contribution is 6.56. The first-order valence-electron chi connectivity index (χ1n) is 5.16. The fourth-order valence-corrected chi connectivity index (χ4v) is 3.29. The number of hydrogen-bond donors (Lipinski definition) is 1. The molecular formula is C12H5Cl6NO. The zero-order chi connectivity index (χ0) is 15.0. The standard InChI is InChI=1S/C12H5Cl6NO/c13-7-6(8(14)10(16)11(17)9(7)15)5-4(3-20)1-2-19-12(5)18/h1-2,20H,3H2. The van der Waals surface area contributed by atoms with Crippen LogP contribution in [0.4, 0.5) is 0 Å². The maximum Gasteiger partial charge on any atom is 0.137 e. The number of hydrogen-bond acceptors (Lipinski definition) is 2. The molecule has 1 N–H and O–H groups in total. The molecule has 1 aromatic carbocycles. The molecule has 0 radical (unpaired) electrons. The molecule has 20 heavy (non-hydrogen) atoms. The van der Waals surface area contributed by atoms with Crippen LogP contribution in [0.15, 0.2) is 12.3 Å². The van der Waals surface area contributed by atoms with Crippen LogP contribution in [0.5, 0.6) is 0 Å². The summed E-state index contributed by atoms with van der Waals surface area (Å²) in [4.78, 5) is 3.95. The molecule has 2 nitrogen and oxygen atoms in total. The summed E-state index contributed by atoms with van der Waals surface area (Å²) in [7, 11) is 0. The van der Waals surface area contributed by atoms with Crippen LogP contribution in [0.1, 0.15) is 5.56 Å². The van der Waals surface area contributed by atoms with Crippen molar-refractivity contribution in [3.63, 3.8) is 0 Å². The van der Waals surface area contributed by atoms with E-state index in [1.807, 2.05) is 0 Å². The minimum Gasteiger partial charge on any atom is -0.392 e. The molecule has 106 valence electrons. The van der Waals surface area contributed by atoms with Gasteiger partial charge in [0.05, 0.1) is 31.7 Å². The molecule has 0 atom stereocenters. The van der Waals surface area contributed by atoms with Crippen LogP contribution in [-0.2, 0) is 6.61 Å². The van der Waals surface area contributed by atoms with Crippen molar-refractivity contribution >= 4 is 69.6 Å². The maximum absolute atomic E-state index is 9.41. The molecule has 0 saturated carbocycles. The van der Waals surface area contributed by atoms with E-state index in [1.165, 1.54) is 6.20 Å². The summed E-state index contributed by atoms with van der Waals surface area (Å²) in [6.45, 7) is -0.276. The van der Waals surface area contributed by atoms with Gasteiger partial charge in [-0.25, -0.2) is 4.98 Å². The van der Waals surface area contributed by atoms with E-state index in [4.69, 9.17) is 69.6 Å². The molecule has 0 saturated heterocycles. The lowest BCUT2D eigenvalue weighted by molar-refractivity contribution is 0.282. The average Bonchev–Trinajstić information content (AvgIpc) is 2.44. The Morgan fingerprint density at radius 2 is 1.30 bits per heavy atom. The van der Waals surface area contributed by atoms with E-state index in [-0.39, 0.29) is 42.4 Å². The van der Waals surface area contributed by atoms with Crippen molar-refractivity contribution in [1.29, 1.82) is 0 Å². The van der Waals surface area contributed by atoms with Gasteiger partial charge in [0.25, 0.3) is 0 Å². The summed E-state index contributed by atoms with van der Waals surface area (Å²) < 4.78 is 0. The van der Waals surface area contributed by atoms with Gasteiger partial charge in [0.15, 0.2) is 0 Å². The van der Waals surface area contributed by atoms with Gasteiger partial charge in [-0.3, -0.25) is 0 Å². The van der Waals surface area contributed by atoms with Gasteiger partial charge in [-0.15, -0.1) is 0 Å². The highest BCUT2D eigenvalue weighted by Crippen LogP contribution is 2.50. The van der Waals surface area contributed by atoms with Crippen molar-refractivity contribution in [2.24, 2.45) is 0 Å². The SMILES string of the molecule is OCc1ccnc(Cl)c1-c1c(Cl)c(Cl)c(Cl)c(Cl)c1Cl. The first-order valence-corrected chi connectivity index (χ1v) is 7.43. The molecule has 0 aliphatic carbocycles. The van der Waals surface area contributed by atoms with Gasteiger partial charge in [-0.2, -0.15) is 0 Å². The van der Waals surface area contributed by atoms with Crippen molar-refractivity contribution < 1.29 is 5.11 Å². The van der Waals surface area contributed by atoms with E-state index < -0.39 is 0 Å². The fourth-order valence-electron chi connectivity index (χ4n) is 1.69. The van der Waals surface area contributed by atoms with E-state index in [0.29, 0.717) is 11.1 Å². The summed E-state index contributed by atoms with van der Waals surface area (Å²) in [5.41, 5.74) is 1.14. The van der Waals surface area contributed by atoms with E-state index >= 15 is 0 Å². The quantitative estimate of drug-likeness (QED) is 0.377. The van der Waals surface area contributed by atoms with Crippen LogP contribution in [0.2, 0.25) is 30.3 Å². The van der Waals surface area contributed by atoms with Crippen LogP contribution in [-0.4, -0.2) is 10.1 Å². The van der Waals surface area contributed by atoms with Crippen molar-refractivity contribution in [2.75, 3.05) is 0 Å². The number of halogens is 6. The Morgan fingerprint density at radius 3 is 1.80 bits per heavy atom. The highest BCUT2D eigenvalue weighted by Gasteiger charge is 2.24. The lowest BCUT2D eigenvalue weighted by atomic mass is 10.0. The van der Waals surface area contributed by atoms with Gasteiger partial charge >= 0.3 is 0 Å². The minimum atomic E-state index is -0.276. The molecule has 0 amide bonds. The number of rotatable bonds is 2. The third-order valence-corrected chi connectivity index (χ3v) is 5.18. The minimum absolute atomic E-state index is 0.0534. The van der Waals surface area contributed by atoms with Crippen LogP contribution < -0.4 is 0 Å².